The molecule has 110 valence electrons. The van der Waals surface area contributed by atoms with Gasteiger partial charge in [0.1, 0.15) is 0 Å². The van der Waals surface area contributed by atoms with Crippen LogP contribution in [0.15, 0.2) is 16.3 Å². The summed E-state index contributed by atoms with van der Waals surface area (Å²) in [5.74, 6) is 0. The molecule has 0 atom stereocenters. The van der Waals surface area contributed by atoms with Crippen LogP contribution in [-0.4, -0.2) is 32.9 Å². The number of nitrogens with zero attached hydrogens (tertiary/aromatic N) is 1. The minimum atomic E-state index is -3.39. The third-order valence-corrected chi connectivity index (χ3v) is 5.56. The van der Waals surface area contributed by atoms with E-state index in [9.17, 15) is 8.42 Å². The van der Waals surface area contributed by atoms with Gasteiger partial charge in [-0.2, -0.15) is 0 Å². The van der Waals surface area contributed by atoms with E-state index in [1.165, 1.54) is 15.6 Å². The topological polar surface area (TPSA) is 49.4 Å². The van der Waals surface area contributed by atoms with Gasteiger partial charge in [-0.25, -0.2) is 12.7 Å². The molecule has 0 fully saturated rings. The molecule has 0 aromatic carbocycles. The zero-order chi connectivity index (χ0) is 14.7. The fraction of sp³-hybridized carbons (Fsp3) is 0.692. The fourth-order valence-electron chi connectivity index (χ4n) is 1.85. The molecule has 1 heterocycles. The summed E-state index contributed by atoms with van der Waals surface area (Å²) in [4.78, 5) is 1.31. The van der Waals surface area contributed by atoms with Gasteiger partial charge in [-0.3, -0.25) is 0 Å². The third kappa shape index (κ3) is 4.56. The van der Waals surface area contributed by atoms with Crippen LogP contribution in [0.1, 0.15) is 32.6 Å². The summed E-state index contributed by atoms with van der Waals surface area (Å²) < 4.78 is 26.6. The average Bonchev–Trinajstić information content (AvgIpc) is 2.72. The van der Waals surface area contributed by atoms with E-state index in [2.05, 4.69) is 5.32 Å². The molecule has 1 aromatic rings. The molecular weight excluding hydrogens is 280 g/mol. The summed E-state index contributed by atoms with van der Waals surface area (Å²) in [7, 11) is -1.74. The first-order valence-electron chi connectivity index (χ1n) is 6.42. The Bertz CT molecular complexity index is 501. The number of sulfonamides is 1. The molecule has 0 saturated heterocycles. The van der Waals surface area contributed by atoms with E-state index in [0.29, 0.717) is 18.0 Å². The Labute approximate surface area is 120 Å². The lowest BCUT2D eigenvalue weighted by atomic mass is 9.97. The van der Waals surface area contributed by atoms with Crippen molar-refractivity contribution in [2.75, 3.05) is 20.1 Å². The van der Waals surface area contributed by atoms with E-state index in [1.54, 1.807) is 13.1 Å². The fourth-order valence-corrected chi connectivity index (χ4v) is 4.62. The molecule has 0 aliphatic rings. The highest BCUT2D eigenvalue weighted by atomic mass is 32.2. The number of hydrogen-bond acceptors (Lipinski definition) is 4. The van der Waals surface area contributed by atoms with Crippen LogP contribution in [0.3, 0.4) is 0 Å². The van der Waals surface area contributed by atoms with E-state index in [0.717, 1.165) is 11.4 Å². The zero-order valence-electron chi connectivity index (χ0n) is 12.4. The van der Waals surface area contributed by atoms with Crippen molar-refractivity contribution < 1.29 is 8.42 Å². The summed E-state index contributed by atoms with van der Waals surface area (Å²) >= 11 is 1.48. The molecule has 1 N–H and O–H groups in total. The molecule has 0 radical (unpaired) electrons. The SMILES string of the molecule is CCNCc1sccc1S(=O)(=O)N(C)CC(C)(C)C. The van der Waals surface area contributed by atoms with Crippen molar-refractivity contribution in [1.82, 2.24) is 9.62 Å². The molecule has 0 amide bonds. The summed E-state index contributed by atoms with van der Waals surface area (Å²) in [6.07, 6.45) is 0. The minimum absolute atomic E-state index is 0.0559. The Hall–Kier alpha value is -0.430. The third-order valence-electron chi connectivity index (χ3n) is 2.63. The number of nitrogens with one attached hydrogen (secondary N) is 1. The van der Waals surface area contributed by atoms with Crippen LogP contribution in [-0.2, 0) is 16.6 Å². The van der Waals surface area contributed by atoms with Crippen molar-refractivity contribution in [2.45, 2.75) is 39.1 Å². The summed E-state index contributed by atoms with van der Waals surface area (Å²) in [5.41, 5.74) is -0.0559. The highest BCUT2D eigenvalue weighted by Gasteiger charge is 2.27. The molecule has 0 aliphatic heterocycles. The van der Waals surface area contributed by atoms with E-state index in [4.69, 9.17) is 0 Å². The van der Waals surface area contributed by atoms with E-state index in [-0.39, 0.29) is 5.41 Å². The Balaban J connectivity index is 2.97. The van der Waals surface area contributed by atoms with Gasteiger partial charge in [0.2, 0.25) is 10.0 Å². The van der Waals surface area contributed by atoms with Crippen molar-refractivity contribution in [1.29, 1.82) is 0 Å². The number of hydrogen-bond donors (Lipinski definition) is 1. The Morgan fingerprint density at radius 1 is 1.37 bits per heavy atom. The van der Waals surface area contributed by atoms with Crippen molar-refractivity contribution in [3.63, 3.8) is 0 Å². The van der Waals surface area contributed by atoms with Gasteiger partial charge in [-0.1, -0.05) is 27.7 Å². The molecule has 0 aliphatic carbocycles. The first-order valence-corrected chi connectivity index (χ1v) is 8.74. The molecule has 0 saturated carbocycles. The van der Waals surface area contributed by atoms with Crippen LogP contribution < -0.4 is 5.32 Å². The highest BCUT2D eigenvalue weighted by Crippen LogP contribution is 2.26. The average molecular weight is 304 g/mol. The van der Waals surface area contributed by atoms with Crippen LogP contribution >= 0.6 is 11.3 Å². The van der Waals surface area contributed by atoms with E-state index >= 15 is 0 Å². The normalized spacial score (nSPS) is 13.2. The van der Waals surface area contributed by atoms with Crippen molar-refractivity contribution >= 4 is 21.4 Å². The standard InChI is InChI=1S/C13H24N2O2S2/c1-6-14-9-11-12(7-8-18-11)19(16,17)15(5)10-13(2,3)4/h7-8,14H,6,9-10H2,1-5H3. The van der Waals surface area contributed by atoms with Crippen LogP contribution in [0.2, 0.25) is 0 Å². The molecule has 0 bridgehead atoms. The highest BCUT2D eigenvalue weighted by molar-refractivity contribution is 7.89. The van der Waals surface area contributed by atoms with Gasteiger partial charge < -0.3 is 5.32 Å². The van der Waals surface area contributed by atoms with Gasteiger partial charge in [0.25, 0.3) is 0 Å². The molecule has 0 spiro atoms. The first kappa shape index (κ1) is 16.6. The van der Waals surface area contributed by atoms with Crippen LogP contribution in [0.25, 0.3) is 0 Å². The van der Waals surface area contributed by atoms with Gasteiger partial charge >= 0.3 is 0 Å². The molecule has 6 heteroatoms. The molecule has 1 aromatic heterocycles. The Morgan fingerprint density at radius 2 is 2.00 bits per heavy atom. The lowest BCUT2D eigenvalue weighted by Gasteiger charge is -2.26. The maximum atomic E-state index is 12.6. The van der Waals surface area contributed by atoms with Crippen LogP contribution in [0.5, 0.6) is 0 Å². The summed E-state index contributed by atoms with van der Waals surface area (Å²) in [5, 5.41) is 5.02. The van der Waals surface area contributed by atoms with Gasteiger partial charge in [0.15, 0.2) is 0 Å². The number of thiophene rings is 1. The second-order valence-corrected chi connectivity index (χ2v) is 8.82. The minimum Gasteiger partial charge on any atom is -0.312 e. The Morgan fingerprint density at radius 3 is 2.53 bits per heavy atom. The molecule has 19 heavy (non-hydrogen) atoms. The molecule has 4 nitrogen and oxygen atoms in total. The zero-order valence-corrected chi connectivity index (χ0v) is 14.0. The maximum Gasteiger partial charge on any atom is 0.243 e. The monoisotopic (exact) mass is 304 g/mol. The smallest absolute Gasteiger partial charge is 0.243 e. The lowest BCUT2D eigenvalue weighted by molar-refractivity contribution is 0.310. The van der Waals surface area contributed by atoms with Gasteiger partial charge in [0.05, 0.1) is 4.90 Å². The Kier molecular flexibility index (Phi) is 5.55. The largest absolute Gasteiger partial charge is 0.312 e. The number of rotatable bonds is 6. The van der Waals surface area contributed by atoms with Gasteiger partial charge in [-0.15, -0.1) is 11.3 Å². The quantitative estimate of drug-likeness (QED) is 0.878. The van der Waals surface area contributed by atoms with Crippen molar-refractivity contribution in [3.05, 3.63) is 16.3 Å². The van der Waals surface area contributed by atoms with E-state index < -0.39 is 10.0 Å². The second kappa shape index (κ2) is 6.35. The molecule has 1 rings (SSSR count). The lowest BCUT2D eigenvalue weighted by Crippen LogP contribution is -2.34. The summed E-state index contributed by atoms with van der Waals surface area (Å²) in [6, 6.07) is 1.70. The van der Waals surface area contributed by atoms with Crippen LogP contribution in [0.4, 0.5) is 0 Å². The molecule has 0 unspecified atom stereocenters. The molecular formula is C13H24N2O2S2. The van der Waals surface area contributed by atoms with Crippen molar-refractivity contribution in [2.24, 2.45) is 5.41 Å². The first-order chi connectivity index (χ1) is 8.68. The van der Waals surface area contributed by atoms with Gasteiger partial charge in [0, 0.05) is 25.0 Å². The maximum absolute atomic E-state index is 12.6. The predicted molar refractivity (Wildman–Crippen MR) is 81.0 cm³/mol. The predicted octanol–water partition coefficient (Wildman–Crippen LogP) is 2.52. The summed E-state index contributed by atoms with van der Waals surface area (Å²) in [6.45, 7) is 10.0. The van der Waals surface area contributed by atoms with E-state index in [1.807, 2.05) is 33.1 Å². The second-order valence-electron chi connectivity index (χ2n) is 5.81. The van der Waals surface area contributed by atoms with Crippen molar-refractivity contribution in [3.8, 4) is 0 Å². The van der Waals surface area contributed by atoms with Gasteiger partial charge in [-0.05, 0) is 23.4 Å². The van der Waals surface area contributed by atoms with Crippen LogP contribution in [0, 0.1) is 5.41 Å².